The van der Waals surface area contributed by atoms with Gasteiger partial charge in [-0.2, -0.15) is 0 Å². The van der Waals surface area contributed by atoms with E-state index in [2.05, 4.69) is 5.32 Å². The van der Waals surface area contributed by atoms with Gasteiger partial charge in [0.05, 0.1) is 13.2 Å². The van der Waals surface area contributed by atoms with Crippen molar-refractivity contribution in [2.24, 2.45) is 0 Å². The van der Waals surface area contributed by atoms with Crippen LogP contribution in [-0.2, 0) is 4.79 Å². The summed E-state index contributed by atoms with van der Waals surface area (Å²) in [5.74, 6) is 0.0147. The molecule has 0 radical (unpaired) electrons. The predicted octanol–water partition coefficient (Wildman–Crippen LogP) is -0.953. The van der Waals surface area contributed by atoms with Gasteiger partial charge in [0.1, 0.15) is 0 Å². The molecule has 1 amide bonds. The molecule has 0 heterocycles. The number of carbonyl (C=O) groups is 1. The van der Waals surface area contributed by atoms with Crippen molar-refractivity contribution in [2.45, 2.75) is 6.92 Å². The van der Waals surface area contributed by atoms with Crippen molar-refractivity contribution in [1.82, 2.24) is 10.2 Å². The molecule has 0 saturated carbocycles. The van der Waals surface area contributed by atoms with E-state index in [1.165, 1.54) is 4.90 Å². The third-order valence-electron chi connectivity index (χ3n) is 1.39. The normalized spacial score (nSPS) is 9.73. The topological polar surface area (TPSA) is 52.6 Å². The van der Waals surface area contributed by atoms with Crippen LogP contribution in [0, 0.1) is 0 Å². The third kappa shape index (κ3) is 4.75. The number of amides is 1. The van der Waals surface area contributed by atoms with Gasteiger partial charge < -0.3 is 15.3 Å². The van der Waals surface area contributed by atoms with E-state index in [0.717, 1.165) is 6.54 Å². The lowest BCUT2D eigenvalue weighted by atomic mass is 10.5. The first-order chi connectivity index (χ1) is 5.22. The molecular formula is C7H16N2O2. The SMILES string of the molecule is CCNCC(=O)N(C)CCO. The van der Waals surface area contributed by atoms with Crippen LogP contribution in [0.5, 0.6) is 0 Å². The van der Waals surface area contributed by atoms with Gasteiger partial charge >= 0.3 is 0 Å². The molecule has 11 heavy (non-hydrogen) atoms. The molecule has 4 heteroatoms. The molecule has 0 bridgehead atoms. The van der Waals surface area contributed by atoms with Gasteiger partial charge in [-0.05, 0) is 6.54 Å². The summed E-state index contributed by atoms with van der Waals surface area (Å²) in [6, 6.07) is 0. The molecule has 0 rings (SSSR count). The molecule has 4 nitrogen and oxygen atoms in total. The van der Waals surface area contributed by atoms with Gasteiger partial charge in [0.15, 0.2) is 0 Å². The highest BCUT2D eigenvalue weighted by atomic mass is 16.3. The van der Waals surface area contributed by atoms with E-state index in [1.54, 1.807) is 7.05 Å². The maximum Gasteiger partial charge on any atom is 0.236 e. The van der Waals surface area contributed by atoms with E-state index in [9.17, 15) is 4.79 Å². The average molecular weight is 160 g/mol. The second-order valence-electron chi connectivity index (χ2n) is 2.32. The zero-order chi connectivity index (χ0) is 8.69. The summed E-state index contributed by atoms with van der Waals surface area (Å²) in [6.45, 7) is 3.52. The molecule has 0 atom stereocenters. The molecule has 0 aromatic carbocycles. The molecule has 2 N–H and O–H groups in total. The van der Waals surface area contributed by atoms with Crippen molar-refractivity contribution in [1.29, 1.82) is 0 Å². The predicted molar refractivity (Wildman–Crippen MR) is 43.3 cm³/mol. The number of carbonyl (C=O) groups excluding carboxylic acids is 1. The molecule has 0 aliphatic heterocycles. The maximum absolute atomic E-state index is 11.0. The highest BCUT2D eigenvalue weighted by Gasteiger charge is 2.05. The molecule has 0 aromatic heterocycles. The number of likely N-dealkylation sites (N-methyl/N-ethyl adjacent to an activating group) is 2. The molecule has 0 aromatic rings. The number of nitrogens with zero attached hydrogens (tertiary/aromatic N) is 1. The van der Waals surface area contributed by atoms with Gasteiger partial charge in [0.2, 0.25) is 5.91 Å². The highest BCUT2D eigenvalue weighted by molar-refractivity contribution is 5.77. The lowest BCUT2D eigenvalue weighted by Crippen LogP contribution is -2.36. The van der Waals surface area contributed by atoms with Crippen LogP contribution in [0.25, 0.3) is 0 Å². The van der Waals surface area contributed by atoms with Crippen LogP contribution in [0.4, 0.5) is 0 Å². The smallest absolute Gasteiger partial charge is 0.236 e. The Morgan fingerprint density at radius 3 is 2.73 bits per heavy atom. The molecule has 0 unspecified atom stereocenters. The summed E-state index contributed by atoms with van der Waals surface area (Å²) in [5.41, 5.74) is 0. The van der Waals surface area contributed by atoms with Crippen molar-refractivity contribution in [3.05, 3.63) is 0 Å². The number of aliphatic hydroxyl groups is 1. The Morgan fingerprint density at radius 1 is 1.64 bits per heavy atom. The minimum absolute atomic E-state index is 0.0147. The van der Waals surface area contributed by atoms with Crippen LogP contribution in [-0.4, -0.2) is 49.2 Å². The van der Waals surface area contributed by atoms with Crippen LogP contribution in [0.1, 0.15) is 6.92 Å². The molecule has 0 aliphatic rings. The summed E-state index contributed by atoms with van der Waals surface area (Å²) < 4.78 is 0. The maximum atomic E-state index is 11.0. The fourth-order valence-electron chi connectivity index (χ4n) is 0.642. The lowest BCUT2D eigenvalue weighted by molar-refractivity contribution is -0.129. The van der Waals surface area contributed by atoms with E-state index in [0.29, 0.717) is 13.1 Å². The second-order valence-corrected chi connectivity index (χ2v) is 2.32. The van der Waals surface area contributed by atoms with E-state index in [1.807, 2.05) is 6.92 Å². The monoisotopic (exact) mass is 160 g/mol. The largest absolute Gasteiger partial charge is 0.395 e. The first-order valence-electron chi connectivity index (χ1n) is 3.78. The van der Waals surface area contributed by atoms with Crippen molar-refractivity contribution in [3.63, 3.8) is 0 Å². The number of hydrogen-bond donors (Lipinski definition) is 2. The summed E-state index contributed by atoms with van der Waals surface area (Å²) in [4.78, 5) is 12.5. The fraction of sp³-hybridized carbons (Fsp3) is 0.857. The Hall–Kier alpha value is -0.610. The first kappa shape index (κ1) is 10.4. The molecule has 0 aliphatic carbocycles. The number of aliphatic hydroxyl groups excluding tert-OH is 1. The Bertz CT molecular complexity index is 117. The van der Waals surface area contributed by atoms with Gasteiger partial charge in [-0.3, -0.25) is 4.79 Å². The Morgan fingerprint density at radius 2 is 2.27 bits per heavy atom. The van der Waals surface area contributed by atoms with Crippen molar-refractivity contribution < 1.29 is 9.90 Å². The zero-order valence-corrected chi connectivity index (χ0v) is 7.13. The summed E-state index contributed by atoms with van der Waals surface area (Å²) >= 11 is 0. The number of rotatable bonds is 5. The van der Waals surface area contributed by atoms with Crippen molar-refractivity contribution in [2.75, 3.05) is 33.3 Å². The standard InChI is InChI=1S/C7H16N2O2/c1-3-8-6-7(11)9(2)4-5-10/h8,10H,3-6H2,1-2H3. The van der Waals surface area contributed by atoms with Crippen LogP contribution < -0.4 is 5.32 Å². The lowest BCUT2D eigenvalue weighted by Gasteiger charge is -2.15. The second kappa shape index (κ2) is 6.12. The van der Waals surface area contributed by atoms with E-state index in [4.69, 9.17) is 5.11 Å². The van der Waals surface area contributed by atoms with Crippen LogP contribution >= 0.6 is 0 Å². The van der Waals surface area contributed by atoms with Crippen molar-refractivity contribution in [3.8, 4) is 0 Å². The minimum Gasteiger partial charge on any atom is -0.395 e. The van der Waals surface area contributed by atoms with Crippen molar-refractivity contribution >= 4 is 5.91 Å². The molecule has 0 saturated heterocycles. The first-order valence-corrected chi connectivity index (χ1v) is 3.78. The minimum atomic E-state index is 0.0147. The van der Waals surface area contributed by atoms with Gasteiger partial charge in [0, 0.05) is 13.6 Å². The number of hydrogen-bond acceptors (Lipinski definition) is 3. The van der Waals surface area contributed by atoms with E-state index in [-0.39, 0.29) is 12.5 Å². The van der Waals surface area contributed by atoms with Gasteiger partial charge in [-0.1, -0.05) is 6.92 Å². The quantitative estimate of drug-likeness (QED) is 0.545. The molecule has 0 fully saturated rings. The highest BCUT2D eigenvalue weighted by Crippen LogP contribution is 1.81. The fourth-order valence-corrected chi connectivity index (χ4v) is 0.642. The van der Waals surface area contributed by atoms with Gasteiger partial charge in [0.25, 0.3) is 0 Å². The number of nitrogens with one attached hydrogen (secondary N) is 1. The van der Waals surface area contributed by atoms with E-state index >= 15 is 0 Å². The zero-order valence-electron chi connectivity index (χ0n) is 7.13. The van der Waals surface area contributed by atoms with Crippen LogP contribution in [0.15, 0.2) is 0 Å². The average Bonchev–Trinajstić information content (AvgIpc) is 2.00. The van der Waals surface area contributed by atoms with Crippen LogP contribution in [0.2, 0.25) is 0 Å². The summed E-state index contributed by atoms with van der Waals surface area (Å²) in [7, 11) is 1.68. The van der Waals surface area contributed by atoms with Gasteiger partial charge in [-0.25, -0.2) is 0 Å². The Kier molecular flexibility index (Phi) is 5.78. The van der Waals surface area contributed by atoms with Gasteiger partial charge in [-0.15, -0.1) is 0 Å². The summed E-state index contributed by atoms with van der Waals surface area (Å²) in [5, 5.41) is 11.4. The Labute approximate surface area is 67.2 Å². The summed E-state index contributed by atoms with van der Waals surface area (Å²) in [6.07, 6.45) is 0. The molecule has 66 valence electrons. The van der Waals surface area contributed by atoms with E-state index < -0.39 is 0 Å². The third-order valence-corrected chi connectivity index (χ3v) is 1.39. The Balaban J connectivity index is 3.47. The molecular weight excluding hydrogens is 144 g/mol. The molecule has 0 spiro atoms. The van der Waals surface area contributed by atoms with Crippen LogP contribution in [0.3, 0.4) is 0 Å².